The van der Waals surface area contributed by atoms with Crippen molar-refractivity contribution in [2.45, 2.75) is 65.5 Å². The van der Waals surface area contributed by atoms with E-state index in [1.54, 1.807) is 0 Å². The van der Waals surface area contributed by atoms with Gasteiger partial charge in [0, 0.05) is 11.5 Å². The van der Waals surface area contributed by atoms with Gasteiger partial charge in [0.2, 0.25) is 0 Å². The molecule has 1 N–H and O–H groups in total. The predicted molar refractivity (Wildman–Crippen MR) is 74.7 cm³/mol. The number of fused-ring (bicyclic) bond motifs is 2. The van der Waals surface area contributed by atoms with Gasteiger partial charge in [-0.3, -0.25) is 4.79 Å². The predicted octanol–water partition coefficient (Wildman–Crippen LogP) is 2.74. The first-order valence-electron chi connectivity index (χ1n) is 7.80. The fraction of sp³-hybridized carbons (Fsp3) is 0.938. The van der Waals surface area contributed by atoms with Crippen LogP contribution in [0.15, 0.2) is 0 Å². The molecule has 3 rings (SSSR count). The van der Waals surface area contributed by atoms with Gasteiger partial charge in [0.05, 0.1) is 5.92 Å². The molecule has 5 unspecified atom stereocenters. The third-order valence-electron chi connectivity index (χ3n) is 6.80. The Bertz CT molecular complexity index is 392. The molecule has 0 amide bonds. The van der Waals surface area contributed by atoms with Crippen molar-refractivity contribution in [3.63, 3.8) is 0 Å². The minimum absolute atomic E-state index is 0.0343. The number of esters is 1. The van der Waals surface area contributed by atoms with Gasteiger partial charge in [-0.25, -0.2) is 0 Å². The minimum Gasteiger partial charge on any atom is -0.462 e. The lowest BCUT2D eigenvalue weighted by Crippen LogP contribution is -2.40. The summed E-state index contributed by atoms with van der Waals surface area (Å²) >= 11 is 0. The first-order valence-corrected chi connectivity index (χ1v) is 7.80. The van der Waals surface area contributed by atoms with Crippen LogP contribution in [0.5, 0.6) is 0 Å². The molecule has 3 fully saturated rings. The van der Waals surface area contributed by atoms with Gasteiger partial charge in [-0.15, -0.1) is 0 Å². The molecule has 3 nitrogen and oxygen atoms in total. The molecule has 0 aromatic rings. The lowest BCUT2D eigenvalue weighted by atomic mass is 9.70. The number of carbonyl (C=O) groups excluding carboxylic acids is 1. The molecule has 2 bridgehead atoms. The standard InChI is InChI=1S/C16H27NO2/c1-10-12(6-8-17-10)14(18)19-13-9-11-5-7-16(13,4)15(11,2)3/h10-13,17H,5-9H2,1-4H3. The van der Waals surface area contributed by atoms with Crippen LogP contribution in [0.25, 0.3) is 0 Å². The van der Waals surface area contributed by atoms with E-state index in [-0.39, 0.29) is 29.4 Å². The maximum atomic E-state index is 12.4. The SMILES string of the molecule is CC1NCCC1C(=O)OC1CC2CCC1(C)C2(C)C. The summed E-state index contributed by atoms with van der Waals surface area (Å²) in [5.74, 6) is 0.826. The van der Waals surface area contributed by atoms with Gasteiger partial charge in [0.1, 0.15) is 6.10 Å². The van der Waals surface area contributed by atoms with E-state index in [2.05, 4.69) is 33.0 Å². The van der Waals surface area contributed by atoms with Crippen LogP contribution >= 0.6 is 0 Å². The zero-order valence-electron chi connectivity index (χ0n) is 12.7. The largest absolute Gasteiger partial charge is 0.462 e. The average molecular weight is 265 g/mol. The van der Waals surface area contributed by atoms with Crippen LogP contribution in [0.3, 0.4) is 0 Å². The van der Waals surface area contributed by atoms with E-state index in [0.29, 0.717) is 5.41 Å². The van der Waals surface area contributed by atoms with Crippen LogP contribution < -0.4 is 5.32 Å². The number of rotatable bonds is 2. The molecule has 19 heavy (non-hydrogen) atoms. The highest BCUT2D eigenvalue weighted by atomic mass is 16.5. The lowest BCUT2D eigenvalue weighted by Gasteiger charge is -2.38. The Morgan fingerprint density at radius 3 is 2.47 bits per heavy atom. The van der Waals surface area contributed by atoms with Crippen LogP contribution in [0, 0.1) is 22.7 Å². The Morgan fingerprint density at radius 1 is 1.26 bits per heavy atom. The summed E-state index contributed by atoms with van der Waals surface area (Å²) in [5, 5.41) is 3.33. The molecule has 2 saturated carbocycles. The third kappa shape index (κ3) is 1.77. The highest BCUT2D eigenvalue weighted by molar-refractivity contribution is 5.74. The Hall–Kier alpha value is -0.570. The van der Waals surface area contributed by atoms with Gasteiger partial charge in [-0.1, -0.05) is 20.8 Å². The van der Waals surface area contributed by atoms with Gasteiger partial charge in [0.15, 0.2) is 0 Å². The number of hydrogen-bond acceptors (Lipinski definition) is 3. The van der Waals surface area contributed by atoms with Crippen molar-refractivity contribution in [3.05, 3.63) is 0 Å². The van der Waals surface area contributed by atoms with Crippen molar-refractivity contribution in [1.29, 1.82) is 0 Å². The summed E-state index contributed by atoms with van der Waals surface area (Å²) in [7, 11) is 0. The first-order chi connectivity index (χ1) is 8.86. The van der Waals surface area contributed by atoms with Crippen LogP contribution in [-0.2, 0) is 9.53 Å². The summed E-state index contributed by atoms with van der Waals surface area (Å²) in [6, 6.07) is 0.270. The topological polar surface area (TPSA) is 38.3 Å². The third-order valence-corrected chi connectivity index (χ3v) is 6.80. The Balaban J connectivity index is 1.70. The Morgan fingerprint density at radius 2 is 2.00 bits per heavy atom. The molecule has 108 valence electrons. The monoisotopic (exact) mass is 265 g/mol. The zero-order valence-corrected chi connectivity index (χ0v) is 12.7. The summed E-state index contributed by atoms with van der Waals surface area (Å²) in [6.07, 6.45) is 4.65. The van der Waals surface area contributed by atoms with Crippen molar-refractivity contribution in [2.75, 3.05) is 6.54 Å². The van der Waals surface area contributed by atoms with E-state index < -0.39 is 0 Å². The van der Waals surface area contributed by atoms with Gasteiger partial charge < -0.3 is 10.1 Å². The molecule has 1 heterocycles. The molecule has 0 radical (unpaired) electrons. The molecule has 0 spiro atoms. The zero-order chi connectivity index (χ0) is 13.8. The molecule has 3 aliphatic rings. The minimum atomic E-state index is 0.0343. The van der Waals surface area contributed by atoms with Crippen molar-refractivity contribution in [3.8, 4) is 0 Å². The maximum Gasteiger partial charge on any atom is 0.310 e. The number of carbonyl (C=O) groups is 1. The molecule has 0 aromatic carbocycles. The Kier molecular flexibility index (Phi) is 2.97. The highest BCUT2D eigenvalue weighted by Crippen LogP contribution is 2.66. The van der Waals surface area contributed by atoms with Crippen molar-refractivity contribution in [2.24, 2.45) is 22.7 Å². The van der Waals surface area contributed by atoms with E-state index in [4.69, 9.17) is 4.74 Å². The highest BCUT2D eigenvalue weighted by Gasteiger charge is 2.63. The summed E-state index contributed by atoms with van der Waals surface area (Å²) in [5.41, 5.74) is 0.500. The fourth-order valence-electron chi connectivity index (χ4n) is 4.72. The van der Waals surface area contributed by atoms with Crippen molar-refractivity contribution >= 4 is 5.97 Å². The van der Waals surface area contributed by atoms with Gasteiger partial charge >= 0.3 is 5.97 Å². The summed E-state index contributed by atoms with van der Waals surface area (Å²) in [4.78, 5) is 12.4. The second kappa shape index (κ2) is 4.21. The maximum absolute atomic E-state index is 12.4. The van der Waals surface area contributed by atoms with Crippen LogP contribution in [0.4, 0.5) is 0 Å². The normalized spacial score (nSPS) is 47.6. The van der Waals surface area contributed by atoms with Gasteiger partial charge in [0.25, 0.3) is 0 Å². The van der Waals surface area contributed by atoms with E-state index in [9.17, 15) is 4.79 Å². The summed E-state index contributed by atoms with van der Waals surface area (Å²) < 4.78 is 5.96. The van der Waals surface area contributed by atoms with Gasteiger partial charge in [-0.05, 0) is 50.5 Å². The molecule has 2 aliphatic carbocycles. The molecule has 0 aromatic heterocycles. The van der Waals surface area contributed by atoms with E-state index >= 15 is 0 Å². The van der Waals surface area contributed by atoms with Crippen molar-refractivity contribution in [1.82, 2.24) is 5.32 Å². The van der Waals surface area contributed by atoms with Crippen LogP contribution in [0.1, 0.15) is 53.4 Å². The first kappa shape index (κ1) is 13.4. The second-order valence-electron chi connectivity index (χ2n) is 7.67. The Labute approximate surface area is 116 Å². The molecule has 1 aliphatic heterocycles. The van der Waals surface area contributed by atoms with Gasteiger partial charge in [-0.2, -0.15) is 0 Å². The second-order valence-corrected chi connectivity index (χ2v) is 7.67. The fourth-order valence-corrected chi connectivity index (χ4v) is 4.72. The molecule has 1 saturated heterocycles. The molecular formula is C16H27NO2. The van der Waals surface area contributed by atoms with E-state index in [1.165, 1.54) is 12.8 Å². The van der Waals surface area contributed by atoms with E-state index in [1.807, 2.05) is 0 Å². The number of nitrogens with one attached hydrogen (secondary N) is 1. The van der Waals surface area contributed by atoms with Crippen molar-refractivity contribution < 1.29 is 9.53 Å². The number of ether oxygens (including phenoxy) is 1. The van der Waals surface area contributed by atoms with Crippen LogP contribution in [0.2, 0.25) is 0 Å². The quantitative estimate of drug-likeness (QED) is 0.780. The average Bonchev–Trinajstić information content (AvgIpc) is 2.90. The number of hydrogen-bond donors (Lipinski definition) is 1. The molecular weight excluding hydrogens is 238 g/mol. The lowest BCUT2D eigenvalue weighted by molar-refractivity contribution is -0.162. The van der Waals surface area contributed by atoms with E-state index in [0.717, 1.165) is 25.3 Å². The molecule has 3 heteroatoms. The summed E-state index contributed by atoms with van der Waals surface area (Å²) in [6.45, 7) is 10.1. The molecule has 5 atom stereocenters. The van der Waals surface area contributed by atoms with Crippen LogP contribution in [-0.4, -0.2) is 24.7 Å². The smallest absolute Gasteiger partial charge is 0.310 e.